The summed E-state index contributed by atoms with van der Waals surface area (Å²) in [6.07, 6.45) is 12.6. The first-order valence-corrected chi connectivity index (χ1v) is 36.3. The summed E-state index contributed by atoms with van der Waals surface area (Å²) in [7, 11) is 0. The minimum absolute atomic E-state index is 0.865. The molecule has 0 unspecified atom stereocenters. The molecule has 0 radical (unpaired) electrons. The number of rotatable bonds is 27. The molecule has 1 heterocycles. The van der Waals surface area contributed by atoms with E-state index >= 15 is 0 Å². The van der Waals surface area contributed by atoms with Crippen molar-refractivity contribution in [1.82, 2.24) is 4.57 Å². The number of hydrogen-bond acceptors (Lipinski definition) is 4. The Bertz CT molecular complexity index is 4620. The fraction of sp³-hybridized carbons (Fsp3) is 0.125. The summed E-state index contributed by atoms with van der Waals surface area (Å²) in [5.74, 6) is 0. The fourth-order valence-electron chi connectivity index (χ4n) is 14.7. The van der Waals surface area contributed by atoms with Gasteiger partial charge < -0.3 is 24.2 Å². The second-order valence-corrected chi connectivity index (χ2v) is 26.4. The van der Waals surface area contributed by atoms with Gasteiger partial charge >= 0.3 is 0 Å². The Kier molecular flexibility index (Phi) is 20.2. The predicted molar refractivity (Wildman–Crippen MR) is 432 cm³/mol. The maximum atomic E-state index is 2.73. The highest BCUT2D eigenvalue weighted by molar-refractivity contribution is 6.19. The van der Waals surface area contributed by atoms with E-state index in [0.717, 1.165) is 121 Å². The van der Waals surface area contributed by atoms with Gasteiger partial charge in [-0.1, -0.05) is 259 Å². The fourth-order valence-corrected chi connectivity index (χ4v) is 14.7. The van der Waals surface area contributed by atoms with E-state index in [1.54, 1.807) is 0 Å². The zero-order valence-corrected chi connectivity index (χ0v) is 57.7. The molecule has 15 rings (SSSR count). The van der Waals surface area contributed by atoms with Crippen molar-refractivity contribution in [3.63, 3.8) is 0 Å². The van der Waals surface area contributed by atoms with Gasteiger partial charge in [-0.3, -0.25) is 0 Å². The minimum atomic E-state index is 0.865. The van der Waals surface area contributed by atoms with Crippen molar-refractivity contribution in [1.29, 1.82) is 0 Å². The van der Waals surface area contributed by atoms with Gasteiger partial charge in [0.1, 0.15) is 0 Å². The van der Waals surface area contributed by atoms with Crippen LogP contribution in [0.3, 0.4) is 0 Å². The summed E-state index contributed by atoms with van der Waals surface area (Å²) >= 11 is 0. The molecule has 5 heteroatoms. The molecule has 0 N–H and O–H groups in total. The summed E-state index contributed by atoms with van der Waals surface area (Å²) in [6, 6.07) is 133. The largest absolute Gasteiger partial charge is 0.339 e. The second kappa shape index (κ2) is 31.3. The van der Waals surface area contributed by atoms with Crippen molar-refractivity contribution in [2.24, 2.45) is 0 Å². The molecule has 15 aromatic rings. The molecule has 1 aromatic heterocycles. The average Bonchev–Trinajstić information content (AvgIpc) is 1.57. The van der Waals surface area contributed by atoms with E-state index in [9.17, 15) is 0 Å². The summed E-state index contributed by atoms with van der Waals surface area (Å²) < 4.78 is 2.73. The van der Waals surface area contributed by atoms with Crippen LogP contribution in [0, 0.1) is 0 Å². The number of nitrogens with zero attached hydrogens (tertiary/aromatic N) is 5. The minimum Gasteiger partial charge on any atom is -0.339 e. The molecule has 0 bridgehead atoms. The Morgan fingerprint density at radius 3 is 0.644 bits per heavy atom. The molecule has 0 saturated carbocycles. The van der Waals surface area contributed by atoms with E-state index < -0.39 is 0 Å². The van der Waals surface area contributed by atoms with Crippen molar-refractivity contribution in [3.8, 4) is 44.5 Å². The SMILES string of the molecule is CCCCCCCCCCCCn1c2c(-c3ccc(N(c4ccccc4)c4ccccc4)cc3)cc(-c3ccc(N(c4ccccc4)c4ccccc4)cc3)cc2c2cc(-c3ccc(N(c4ccccc4)c4ccccc4)cc3)cc(-c3ccc(N(c4ccccc4)c4ccccc4)cc3)c21. The molecule has 494 valence electrons. The van der Waals surface area contributed by atoms with Gasteiger partial charge in [0, 0.05) is 96.7 Å². The lowest BCUT2D eigenvalue weighted by molar-refractivity contribution is 0.541. The van der Waals surface area contributed by atoms with Gasteiger partial charge in [0.05, 0.1) is 11.0 Å². The van der Waals surface area contributed by atoms with Crippen LogP contribution >= 0.6 is 0 Å². The Balaban J connectivity index is 0.946. The second-order valence-electron chi connectivity index (χ2n) is 26.4. The van der Waals surface area contributed by atoms with E-state index in [0.29, 0.717) is 0 Å². The number of para-hydroxylation sites is 8. The van der Waals surface area contributed by atoms with Gasteiger partial charge in [0.15, 0.2) is 0 Å². The van der Waals surface area contributed by atoms with Gasteiger partial charge in [-0.05, 0) is 210 Å². The van der Waals surface area contributed by atoms with Crippen molar-refractivity contribution >= 4 is 90.1 Å². The molecular formula is C96H85N5. The predicted octanol–water partition coefficient (Wildman–Crippen LogP) is 28.3. The third-order valence-corrected chi connectivity index (χ3v) is 19.7. The Labute approximate surface area is 596 Å². The first-order chi connectivity index (χ1) is 50.1. The zero-order valence-electron chi connectivity index (χ0n) is 57.7. The van der Waals surface area contributed by atoms with Crippen LogP contribution in [0.4, 0.5) is 68.2 Å². The molecular weight excluding hydrogens is 1220 g/mol. The molecule has 0 amide bonds. The lowest BCUT2D eigenvalue weighted by Crippen LogP contribution is -2.09. The van der Waals surface area contributed by atoms with Crippen LogP contribution in [0.1, 0.15) is 71.1 Å². The topological polar surface area (TPSA) is 17.9 Å². The Morgan fingerprint density at radius 2 is 0.406 bits per heavy atom. The number of aromatic nitrogens is 1. The summed E-state index contributed by atoms with van der Waals surface area (Å²) in [5, 5.41) is 2.46. The van der Waals surface area contributed by atoms with Crippen LogP contribution in [0.15, 0.2) is 364 Å². The number of fused-ring (bicyclic) bond motifs is 3. The van der Waals surface area contributed by atoms with Crippen LogP contribution < -0.4 is 19.6 Å². The van der Waals surface area contributed by atoms with Crippen molar-refractivity contribution in [3.05, 3.63) is 364 Å². The quantitative estimate of drug-likeness (QED) is 0.0477. The normalized spacial score (nSPS) is 11.3. The molecule has 0 fully saturated rings. The van der Waals surface area contributed by atoms with Gasteiger partial charge in [0.25, 0.3) is 0 Å². The molecule has 5 nitrogen and oxygen atoms in total. The zero-order chi connectivity index (χ0) is 67.9. The van der Waals surface area contributed by atoms with Crippen molar-refractivity contribution < 1.29 is 0 Å². The summed E-state index contributed by atoms with van der Waals surface area (Å²) in [6.45, 7) is 3.17. The van der Waals surface area contributed by atoms with E-state index in [-0.39, 0.29) is 0 Å². The third kappa shape index (κ3) is 14.5. The van der Waals surface area contributed by atoms with Gasteiger partial charge in [-0.25, -0.2) is 0 Å². The molecule has 0 atom stereocenters. The van der Waals surface area contributed by atoms with Gasteiger partial charge in [-0.2, -0.15) is 0 Å². The van der Waals surface area contributed by atoms with Crippen molar-refractivity contribution in [2.45, 2.75) is 77.7 Å². The van der Waals surface area contributed by atoms with E-state index in [1.807, 2.05) is 0 Å². The molecule has 101 heavy (non-hydrogen) atoms. The number of hydrogen-bond donors (Lipinski definition) is 0. The number of anilines is 12. The molecule has 0 saturated heterocycles. The maximum absolute atomic E-state index is 2.73. The van der Waals surface area contributed by atoms with Crippen LogP contribution in [-0.2, 0) is 6.54 Å². The monoisotopic (exact) mass is 1310 g/mol. The van der Waals surface area contributed by atoms with E-state index in [4.69, 9.17) is 0 Å². The lowest BCUT2D eigenvalue weighted by atomic mass is 9.93. The number of aryl methyl sites for hydroxylation is 1. The van der Waals surface area contributed by atoms with E-state index in [1.165, 1.54) is 84.3 Å². The molecule has 0 aliphatic heterocycles. The highest BCUT2D eigenvalue weighted by atomic mass is 15.2. The van der Waals surface area contributed by atoms with Gasteiger partial charge in [-0.15, -0.1) is 0 Å². The van der Waals surface area contributed by atoms with Crippen molar-refractivity contribution in [2.75, 3.05) is 19.6 Å². The van der Waals surface area contributed by atoms with Crippen LogP contribution in [0.2, 0.25) is 0 Å². The van der Waals surface area contributed by atoms with Gasteiger partial charge in [0.2, 0.25) is 0 Å². The highest BCUT2D eigenvalue weighted by Gasteiger charge is 2.25. The van der Waals surface area contributed by atoms with E-state index in [2.05, 4.69) is 395 Å². The lowest BCUT2D eigenvalue weighted by Gasteiger charge is -2.26. The number of benzene rings is 14. The number of unbranched alkanes of at least 4 members (excludes halogenated alkanes) is 9. The first kappa shape index (κ1) is 65.0. The molecule has 0 aliphatic rings. The third-order valence-electron chi connectivity index (χ3n) is 19.7. The highest BCUT2D eigenvalue weighted by Crippen LogP contribution is 2.48. The maximum Gasteiger partial charge on any atom is 0.0571 e. The smallest absolute Gasteiger partial charge is 0.0571 e. The summed E-state index contributed by atoms with van der Waals surface area (Å²) in [5.41, 5.74) is 25.1. The Hall–Kier alpha value is -11.9. The average molecular weight is 1310 g/mol. The first-order valence-electron chi connectivity index (χ1n) is 36.3. The van der Waals surface area contributed by atoms with Crippen LogP contribution in [0.25, 0.3) is 66.3 Å². The summed E-state index contributed by atoms with van der Waals surface area (Å²) in [4.78, 5) is 9.41. The van der Waals surface area contributed by atoms with Crippen LogP contribution in [0.5, 0.6) is 0 Å². The molecule has 0 spiro atoms. The molecule has 14 aromatic carbocycles. The Morgan fingerprint density at radius 1 is 0.198 bits per heavy atom. The van der Waals surface area contributed by atoms with Crippen LogP contribution in [-0.4, -0.2) is 4.57 Å². The molecule has 0 aliphatic carbocycles. The standard InChI is InChI=1S/C96H85N5/c1-2-3-4-5-6-7-8-9-10-35-68-97-95-91(75-56-64-89(65-57-75)100(83-44-27-15-28-45-83)84-46-29-16-30-47-84)69-77(73-52-60-87(61-53-73)98(79-36-19-11-20-37-79)80-38-21-12-22-39-80)71-93(95)94-72-78(74-54-62-88(63-55-74)99(81-40-23-13-24-41-81)82-42-25-14-26-43-82)70-92(96(94)97)76-58-66-90(67-59-76)101(85-48-31-17-32-49-85)86-50-33-18-34-51-86/h11-34,36-67,69-72H,2-10,35,68H2,1H3.